The highest BCUT2D eigenvalue weighted by molar-refractivity contribution is 5.83. The molecule has 0 spiro atoms. The second-order valence-corrected chi connectivity index (χ2v) is 4.65. The minimum atomic E-state index is -0.441. The van der Waals surface area contributed by atoms with Crippen molar-refractivity contribution in [2.45, 2.75) is 18.9 Å². The fraction of sp³-hybridized carbons (Fsp3) is 0.385. The number of nitrogens with one attached hydrogen (secondary N) is 1. The van der Waals surface area contributed by atoms with E-state index in [2.05, 4.69) is 4.98 Å². The number of phenols is 1. The summed E-state index contributed by atoms with van der Waals surface area (Å²) in [7, 11) is 0. The average Bonchev–Trinajstić information content (AvgIpc) is 2.39. The highest BCUT2D eigenvalue weighted by Crippen LogP contribution is 2.21. The highest BCUT2D eigenvalue weighted by Gasteiger charge is 2.21. The summed E-state index contributed by atoms with van der Waals surface area (Å²) in [6, 6.07) is 4.46. The molecular weight excluding hydrogens is 248 g/mol. The molecular formula is C13H14N2O4. The number of H-pyrrole nitrogens is 1. The smallest absolute Gasteiger partial charge is 0.329 e. The maximum atomic E-state index is 12.4. The Labute approximate surface area is 108 Å². The third kappa shape index (κ3) is 1.94. The van der Waals surface area contributed by atoms with Crippen molar-refractivity contribution in [3.63, 3.8) is 0 Å². The van der Waals surface area contributed by atoms with E-state index in [0.717, 1.165) is 0 Å². The molecule has 1 saturated heterocycles. The first-order valence-electron chi connectivity index (χ1n) is 6.23. The van der Waals surface area contributed by atoms with Gasteiger partial charge >= 0.3 is 5.69 Å². The van der Waals surface area contributed by atoms with Gasteiger partial charge < -0.3 is 14.8 Å². The van der Waals surface area contributed by atoms with Gasteiger partial charge in [0.25, 0.3) is 5.56 Å². The van der Waals surface area contributed by atoms with Crippen LogP contribution in [0.5, 0.6) is 5.75 Å². The van der Waals surface area contributed by atoms with Crippen molar-refractivity contribution in [2.75, 3.05) is 13.2 Å². The normalized spacial score (nSPS) is 16.8. The van der Waals surface area contributed by atoms with Gasteiger partial charge in [0.15, 0.2) is 0 Å². The van der Waals surface area contributed by atoms with E-state index in [1.807, 2.05) is 0 Å². The lowest BCUT2D eigenvalue weighted by Gasteiger charge is -2.23. The van der Waals surface area contributed by atoms with Crippen molar-refractivity contribution in [3.8, 4) is 5.75 Å². The fourth-order valence-electron chi connectivity index (χ4n) is 2.53. The third-order valence-electron chi connectivity index (χ3n) is 3.49. The number of benzene rings is 1. The Morgan fingerprint density at radius 2 is 2.00 bits per heavy atom. The van der Waals surface area contributed by atoms with Crippen molar-refractivity contribution in [3.05, 3.63) is 39.0 Å². The standard InChI is InChI=1S/C13H14N2O4/c16-10-3-1-2-9-11(10)12(17)15(13(18)14-9)8-4-6-19-7-5-8/h1-3,8,16H,4-7H2,(H,14,18). The highest BCUT2D eigenvalue weighted by atomic mass is 16.5. The first kappa shape index (κ1) is 12.0. The van der Waals surface area contributed by atoms with Gasteiger partial charge in [0, 0.05) is 19.3 Å². The molecule has 1 fully saturated rings. The minimum Gasteiger partial charge on any atom is -0.507 e. The van der Waals surface area contributed by atoms with Crippen LogP contribution in [-0.2, 0) is 4.74 Å². The maximum absolute atomic E-state index is 12.4. The Morgan fingerprint density at radius 3 is 2.74 bits per heavy atom. The van der Waals surface area contributed by atoms with Crippen molar-refractivity contribution in [2.24, 2.45) is 0 Å². The quantitative estimate of drug-likeness (QED) is 0.794. The number of ether oxygens (including phenoxy) is 1. The number of aromatic hydroxyl groups is 1. The lowest BCUT2D eigenvalue weighted by atomic mass is 10.1. The van der Waals surface area contributed by atoms with Crippen LogP contribution >= 0.6 is 0 Å². The molecule has 0 radical (unpaired) electrons. The van der Waals surface area contributed by atoms with E-state index in [1.165, 1.54) is 10.6 Å². The Hall–Kier alpha value is -2.08. The summed E-state index contributed by atoms with van der Waals surface area (Å²) in [5.41, 5.74) is -0.517. The van der Waals surface area contributed by atoms with Gasteiger partial charge in [-0.1, -0.05) is 6.07 Å². The SMILES string of the molecule is O=c1[nH]c2cccc(O)c2c(=O)n1C1CCOCC1. The zero-order valence-electron chi connectivity index (χ0n) is 10.3. The van der Waals surface area contributed by atoms with Crippen molar-refractivity contribution in [1.82, 2.24) is 9.55 Å². The van der Waals surface area contributed by atoms with Crippen LogP contribution in [-0.4, -0.2) is 27.9 Å². The Bertz CT molecular complexity index is 725. The van der Waals surface area contributed by atoms with Gasteiger partial charge in [-0.2, -0.15) is 0 Å². The van der Waals surface area contributed by atoms with Crippen molar-refractivity contribution in [1.29, 1.82) is 0 Å². The zero-order chi connectivity index (χ0) is 13.4. The van der Waals surface area contributed by atoms with Crippen LogP contribution in [0.1, 0.15) is 18.9 Å². The molecule has 100 valence electrons. The van der Waals surface area contributed by atoms with Crippen LogP contribution < -0.4 is 11.2 Å². The minimum absolute atomic E-state index is 0.112. The lowest BCUT2D eigenvalue weighted by molar-refractivity contribution is 0.0676. The molecule has 0 unspecified atom stereocenters. The number of hydrogen-bond acceptors (Lipinski definition) is 4. The third-order valence-corrected chi connectivity index (χ3v) is 3.49. The molecule has 2 aromatic rings. The van der Waals surface area contributed by atoms with E-state index in [0.29, 0.717) is 31.6 Å². The fourth-order valence-corrected chi connectivity index (χ4v) is 2.53. The molecule has 1 aliphatic rings. The summed E-state index contributed by atoms with van der Waals surface area (Å²) in [6.07, 6.45) is 1.25. The van der Waals surface area contributed by atoms with Gasteiger partial charge in [-0.15, -0.1) is 0 Å². The van der Waals surface area contributed by atoms with E-state index in [1.54, 1.807) is 12.1 Å². The summed E-state index contributed by atoms with van der Waals surface area (Å²) in [4.78, 5) is 27.1. The number of fused-ring (bicyclic) bond motifs is 1. The Morgan fingerprint density at radius 1 is 1.26 bits per heavy atom. The largest absolute Gasteiger partial charge is 0.507 e. The van der Waals surface area contributed by atoms with E-state index in [4.69, 9.17) is 4.74 Å². The van der Waals surface area contributed by atoms with Crippen LogP contribution in [0.2, 0.25) is 0 Å². The molecule has 1 aromatic heterocycles. The second-order valence-electron chi connectivity index (χ2n) is 4.65. The van der Waals surface area contributed by atoms with Gasteiger partial charge in [0.1, 0.15) is 11.1 Å². The van der Waals surface area contributed by atoms with Crippen LogP contribution in [0.4, 0.5) is 0 Å². The molecule has 0 atom stereocenters. The molecule has 0 amide bonds. The molecule has 6 heteroatoms. The van der Waals surface area contributed by atoms with Crippen molar-refractivity contribution >= 4 is 10.9 Å². The number of nitrogens with zero attached hydrogens (tertiary/aromatic N) is 1. The molecule has 2 heterocycles. The van der Waals surface area contributed by atoms with Crippen LogP contribution in [0.15, 0.2) is 27.8 Å². The number of aromatic amines is 1. The summed E-state index contributed by atoms with van der Waals surface area (Å²) in [5.74, 6) is -0.112. The Kier molecular flexibility index (Phi) is 2.87. The predicted molar refractivity (Wildman–Crippen MR) is 69.6 cm³/mol. The first-order valence-corrected chi connectivity index (χ1v) is 6.23. The van der Waals surface area contributed by atoms with Crippen LogP contribution in [0, 0.1) is 0 Å². The van der Waals surface area contributed by atoms with Gasteiger partial charge in [-0.25, -0.2) is 4.79 Å². The van der Waals surface area contributed by atoms with Crippen LogP contribution in [0.25, 0.3) is 10.9 Å². The summed E-state index contributed by atoms with van der Waals surface area (Å²) in [6.45, 7) is 1.07. The number of hydrogen-bond donors (Lipinski definition) is 2. The zero-order valence-corrected chi connectivity index (χ0v) is 10.3. The van der Waals surface area contributed by atoms with E-state index in [9.17, 15) is 14.7 Å². The molecule has 2 N–H and O–H groups in total. The maximum Gasteiger partial charge on any atom is 0.329 e. The van der Waals surface area contributed by atoms with Crippen LogP contribution in [0.3, 0.4) is 0 Å². The molecule has 0 bridgehead atoms. The van der Waals surface area contributed by atoms with E-state index in [-0.39, 0.29) is 17.2 Å². The number of phenolic OH excluding ortho intramolecular Hbond substituents is 1. The number of rotatable bonds is 1. The molecule has 1 aliphatic heterocycles. The average molecular weight is 262 g/mol. The van der Waals surface area contributed by atoms with E-state index < -0.39 is 11.2 Å². The molecule has 0 saturated carbocycles. The first-order chi connectivity index (χ1) is 9.18. The topological polar surface area (TPSA) is 84.3 Å². The second kappa shape index (κ2) is 4.55. The van der Waals surface area contributed by atoms with Crippen molar-refractivity contribution < 1.29 is 9.84 Å². The molecule has 1 aromatic carbocycles. The van der Waals surface area contributed by atoms with Gasteiger partial charge in [0.05, 0.1) is 5.52 Å². The summed E-state index contributed by atoms with van der Waals surface area (Å²) in [5, 5.41) is 9.97. The van der Waals surface area contributed by atoms with Gasteiger partial charge in [-0.3, -0.25) is 9.36 Å². The summed E-state index contributed by atoms with van der Waals surface area (Å²) >= 11 is 0. The Balaban J connectivity index is 2.27. The molecule has 19 heavy (non-hydrogen) atoms. The molecule has 3 rings (SSSR count). The molecule has 6 nitrogen and oxygen atoms in total. The van der Waals surface area contributed by atoms with Gasteiger partial charge in [-0.05, 0) is 25.0 Å². The van der Waals surface area contributed by atoms with E-state index >= 15 is 0 Å². The monoisotopic (exact) mass is 262 g/mol. The predicted octanol–water partition coefficient (Wildman–Crippen LogP) is 0.747. The molecule has 0 aliphatic carbocycles. The lowest BCUT2D eigenvalue weighted by Crippen LogP contribution is -2.40. The summed E-state index contributed by atoms with van der Waals surface area (Å²) < 4.78 is 6.43. The van der Waals surface area contributed by atoms with Gasteiger partial charge in [0.2, 0.25) is 0 Å². The number of aromatic nitrogens is 2.